The van der Waals surface area contributed by atoms with Crippen LogP contribution in [0, 0.1) is 20.8 Å². The minimum Gasteiger partial charge on any atom is -0.424 e. The summed E-state index contributed by atoms with van der Waals surface area (Å²) in [4.78, 5) is 8.58. The van der Waals surface area contributed by atoms with Gasteiger partial charge >= 0.3 is 6.01 Å². The Balaban J connectivity index is 2.12. The van der Waals surface area contributed by atoms with Crippen LogP contribution in [0.25, 0.3) is 0 Å². The summed E-state index contributed by atoms with van der Waals surface area (Å²) in [5, 5.41) is 3.34. The SMILES string of the molecule is Cc1ccc(C)c(Oc2ncc(CNC(C)C)cn2)c1C. The highest BCUT2D eigenvalue weighted by atomic mass is 16.5. The van der Waals surface area contributed by atoms with Gasteiger partial charge in [0.2, 0.25) is 0 Å². The third-order valence-electron chi connectivity index (χ3n) is 3.46. The second-order valence-corrected chi connectivity index (χ2v) is 5.67. The van der Waals surface area contributed by atoms with Gasteiger partial charge in [-0.25, -0.2) is 9.97 Å². The fraction of sp³-hybridized carbons (Fsp3) is 0.412. The molecule has 0 atom stereocenters. The van der Waals surface area contributed by atoms with Crippen LogP contribution in [0.5, 0.6) is 11.8 Å². The van der Waals surface area contributed by atoms with Crippen molar-refractivity contribution in [2.75, 3.05) is 0 Å². The van der Waals surface area contributed by atoms with Crippen LogP contribution in [0.2, 0.25) is 0 Å². The predicted molar refractivity (Wildman–Crippen MR) is 84.7 cm³/mol. The van der Waals surface area contributed by atoms with E-state index in [2.05, 4.69) is 55.1 Å². The van der Waals surface area contributed by atoms with Gasteiger partial charge in [-0.2, -0.15) is 0 Å². The zero-order valence-electron chi connectivity index (χ0n) is 13.4. The normalized spacial score (nSPS) is 11.0. The molecule has 0 fully saturated rings. The summed E-state index contributed by atoms with van der Waals surface area (Å²) in [5.41, 5.74) is 4.47. The largest absolute Gasteiger partial charge is 0.424 e. The fourth-order valence-corrected chi connectivity index (χ4v) is 1.98. The molecule has 112 valence electrons. The summed E-state index contributed by atoms with van der Waals surface area (Å²) < 4.78 is 5.86. The average Bonchev–Trinajstić information content (AvgIpc) is 2.47. The maximum absolute atomic E-state index is 5.86. The Morgan fingerprint density at radius 3 is 2.29 bits per heavy atom. The lowest BCUT2D eigenvalue weighted by Crippen LogP contribution is -2.21. The molecule has 1 aromatic carbocycles. The van der Waals surface area contributed by atoms with Gasteiger partial charge in [0.05, 0.1) is 0 Å². The molecule has 4 nitrogen and oxygen atoms in total. The Kier molecular flexibility index (Phi) is 4.91. The highest BCUT2D eigenvalue weighted by Crippen LogP contribution is 2.28. The molecule has 0 aliphatic rings. The van der Waals surface area contributed by atoms with E-state index in [9.17, 15) is 0 Å². The van der Waals surface area contributed by atoms with Gasteiger partial charge in [-0.05, 0) is 37.5 Å². The van der Waals surface area contributed by atoms with Crippen LogP contribution >= 0.6 is 0 Å². The molecule has 2 aromatic rings. The van der Waals surface area contributed by atoms with Crippen molar-refractivity contribution < 1.29 is 4.74 Å². The lowest BCUT2D eigenvalue weighted by atomic mass is 10.1. The van der Waals surface area contributed by atoms with Crippen molar-refractivity contribution in [3.63, 3.8) is 0 Å². The first-order chi connectivity index (χ1) is 9.97. The Morgan fingerprint density at radius 1 is 1.05 bits per heavy atom. The number of hydrogen-bond acceptors (Lipinski definition) is 4. The van der Waals surface area contributed by atoms with Crippen molar-refractivity contribution >= 4 is 0 Å². The van der Waals surface area contributed by atoms with E-state index in [4.69, 9.17) is 4.74 Å². The molecule has 0 radical (unpaired) electrons. The number of hydrogen-bond donors (Lipinski definition) is 1. The van der Waals surface area contributed by atoms with Crippen molar-refractivity contribution in [2.45, 2.75) is 47.2 Å². The van der Waals surface area contributed by atoms with Crippen LogP contribution in [-0.4, -0.2) is 16.0 Å². The van der Waals surface area contributed by atoms with Crippen LogP contribution in [0.3, 0.4) is 0 Å². The Hall–Kier alpha value is -1.94. The second-order valence-electron chi connectivity index (χ2n) is 5.67. The van der Waals surface area contributed by atoms with Gasteiger partial charge in [-0.15, -0.1) is 0 Å². The fourth-order valence-electron chi connectivity index (χ4n) is 1.98. The molecule has 0 bridgehead atoms. The maximum atomic E-state index is 5.86. The van der Waals surface area contributed by atoms with Crippen LogP contribution in [-0.2, 0) is 6.54 Å². The molecular formula is C17H23N3O. The van der Waals surface area contributed by atoms with E-state index in [1.165, 1.54) is 5.56 Å². The Labute approximate surface area is 126 Å². The summed E-state index contributed by atoms with van der Waals surface area (Å²) in [6.07, 6.45) is 3.61. The van der Waals surface area contributed by atoms with E-state index in [0.717, 1.165) is 29.0 Å². The van der Waals surface area contributed by atoms with Gasteiger partial charge < -0.3 is 10.1 Å². The lowest BCUT2D eigenvalue weighted by molar-refractivity contribution is 0.433. The van der Waals surface area contributed by atoms with Gasteiger partial charge in [0.1, 0.15) is 5.75 Å². The van der Waals surface area contributed by atoms with E-state index < -0.39 is 0 Å². The van der Waals surface area contributed by atoms with E-state index in [1.807, 2.05) is 6.92 Å². The van der Waals surface area contributed by atoms with E-state index in [0.29, 0.717) is 12.1 Å². The summed E-state index contributed by atoms with van der Waals surface area (Å²) in [6, 6.07) is 4.98. The second kappa shape index (κ2) is 6.68. The predicted octanol–water partition coefficient (Wildman–Crippen LogP) is 3.69. The molecule has 2 rings (SSSR count). The topological polar surface area (TPSA) is 47.0 Å². The molecule has 0 unspecified atom stereocenters. The molecule has 0 aliphatic carbocycles. The van der Waals surface area contributed by atoms with E-state index in [-0.39, 0.29) is 0 Å². The molecular weight excluding hydrogens is 262 g/mol. The average molecular weight is 285 g/mol. The minimum atomic E-state index is 0.389. The monoisotopic (exact) mass is 285 g/mol. The van der Waals surface area contributed by atoms with Gasteiger partial charge in [0.25, 0.3) is 0 Å². The molecule has 4 heteroatoms. The first-order valence-corrected chi connectivity index (χ1v) is 7.26. The quantitative estimate of drug-likeness (QED) is 0.910. The van der Waals surface area contributed by atoms with Crippen LogP contribution < -0.4 is 10.1 Å². The van der Waals surface area contributed by atoms with Gasteiger partial charge in [0.15, 0.2) is 0 Å². The third kappa shape index (κ3) is 4.02. The lowest BCUT2D eigenvalue weighted by Gasteiger charge is -2.12. The van der Waals surface area contributed by atoms with Crippen LogP contribution in [0.4, 0.5) is 0 Å². The standard InChI is InChI=1S/C17H23N3O/c1-11(2)18-8-15-9-19-17(20-10-15)21-16-13(4)7-6-12(3)14(16)5/h6-7,9-11,18H,8H2,1-5H3. The molecule has 0 spiro atoms. The summed E-state index contributed by atoms with van der Waals surface area (Å²) in [6.45, 7) is 11.1. The maximum Gasteiger partial charge on any atom is 0.321 e. The summed E-state index contributed by atoms with van der Waals surface area (Å²) in [5.74, 6) is 0.850. The molecule has 21 heavy (non-hydrogen) atoms. The molecule has 0 saturated carbocycles. The highest BCUT2D eigenvalue weighted by molar-refractivity contribution is 5.45. The smallest absolute Gasteiger partial charge is 0.321 e. The summed E-state index contributed by atoms with van der Waals surface area (Å²) in [7, 11) is 0. The minimum absolute atomic E-state index is 0.389. The number of benzene rings is 1. The van der Waals surface area contributed by atoms with Crippen molar-refractivity contribution in [2.24, 2.45) is 0 Å². The van der Waals surface area contributed by atoms with E-state index >= 15 is 0 Å². The van der Waals surface area contributed by atoms with Crippen LogP contribution in [0.1, 0.15) is 36.1 Å². The zero-order valence-corrected chi connectivity index (χ0v) is 13.4. The first-order valence-electron chi connectivity index (χ1n) is 7.26. The van der Waals surface area contributed by atoms with Crippen LogP contribution in [0.15, 0.2) is 24.5 Å². The first kappa shape index (κ1) is 15.4. The number of aryl methyl sites for hydroxylation is 2. The third-order valence-corrected chi connectivity index (χ3v) is 3.46. The van der Waals surface area contributed by atoms with Gasteiger partial charge in [-0.3, -0.25) is 0 Å². The van der Waals surface area contributed by atoms with Crippen molar-refractivity contribution in [1.82, 2.24) is 15.3 Å². The molecule has 1 N–H and O–H groups in total. The van der Waals surface area contributed by atoms with Crippen molar-refractivity contribution in [3.8, 4) is 11.8 Å². The molecule has 0 amide bonds. The highest BCUT2D eigenvalue weighted by Gasteiger charge is 2.09. The molecule has 1 aromatic heterocycles. The summed E-state index contributed by atoms with van der Waals surface area (Å²) >= 11 is 0. The molecule has 0 aliphatic heterocycles. The molecule has 0 saturated heterocycles. The van der Waals surface area contributed by atoms with Gasteiger partial charge in [-0.1, -0.05) is 26.0 Å². The number of ether oxygens (including phenoxy) is 1. The number of rotatable bonds is 5. The zero-order chi connectivity index (χ0) is 15.4. The van der Waals surface area contributed by atoms with Crippen molar-refractivity contribution in [1.29, 1.82) is 0 Å². The Bertz CT molecular complexity index is 606. The number of nitrogens with one attached hydrogen (secondary N) is 1. The number of nitrogens with zero attached hydrogens (tertiary/aromatic N) is 2. The van der Waals surface area contributed by atoms with E-state index in [1.54, 1.807) is 12.4 Å². The Morgan fingerprint density at radius 2 is 1.67 bits per heavy atom. The molecule has 1 heterocycles. The van der Waals surface area contributed by atoms with Crippen molar-refractivity contribution in [3.05, 3.63) is 46.8 Å². The number of aromatic nitrogens is 2. The van der Waals surface area contributed by atoms with Gasteiger partial charge in [0, 0.05) is 30.5 Å².